The van der Waals surface area contributed by atoms with Crippen molar-refractivity contribution in [2.75, 3.05) is 13.1 Å². The van der Waals surface area contributed by atoms with Crippen LogP contribution in [0.15, 0.2) is 0 Å². The molecule has 0 radical (unpaired) electrons. The molecule has 0 unspecified atom stereocenters. The van der Waals surface area contributed by atoms with Crippen molar-refractivity contribution in [3.05, 3.63) is 0 Å². The van der Waals surface area contributed by atoms with Gasteiger partial charge in [0.2, 0.25) is 0 Å². The number of nitrogens with zero attached hydrogens (tertiary/aromatic N) is 1. The third-order valence-electron chi connectivity index (χ3n) is 5.73. The first-order chi connectivity index (χ1) is 9.99. The summed E-state index contributed by atoms with van der Waals surface area (Å²) < 4.78 is 0. The average molecular weight is 292 g/mol. The highest BCUT2D eigenvalue weighted by Gasteiger charge is 2.51. The molecule has 2 amide bonds. The molecular formula is C16H28N4O. The standard InChI is InChI=1S/C16H28N4O/c1-2-20(4-3-14(17)18)15(21)19-16-8-11-5-12(9-16)7-13(6-11)10-16/h11-13H,2-10H2,1H3,(H3,17,18)(H,19,21). The van der Waals surface area contributed by atoms with Gasteiger partial charge in [0.1, 0.15) is 0 Å². The largest absolute Gasteiger partial charge is 0.388 e. The van der Waals surface area contributed by atoms with Crippen molar-refractivity contribution < 1.29 is 4.79 Å². The van der Waals surface area contributed by atoms with Gasteiger partial charge in [0.25, 0.3) is 0 Å². The highest BCUT2D eigenvalue weighted by Crippen LogP contribution is 2.55. The topological polar surface area (TPSA) is 82.2 Å². The average Bonchev–Trinajstić information content (AvgIpc) is 2.36. The van der Waals surface area contributed by atoms with Crippen molar-refractivity contribution in [1.82, 2.24) is 10.2 Å². The molecule has 4 bridgehead atoms. The quantitative estimate of drug-likeness (QED) is 0.537. The molecule has 118 valence electrons. The predicted octanol–water partition coefficient (Wildman–Crippen LogP) is 2.31. The van der Waals surface area contributed by atoms with E-state index in [0.717, 1.165) is 17.8 Å². The number of hydrogen-bond donors (Lipinski definition) is 3. The van der Waals surface area contributed by atoms with Crippen LogP contribution in [-0.4, -0.2) is 35.4 Å². The molecule has 0 spiro atoms. The Morgan fingerprint density at radius 3 is 2.19 bits per heavy atom. The van der Waals surface area contributed by atoms with Crippen LogP contribution < -0.4 is 11.1 Å². The smallest absolute Gasteiger partial charge is 0.317 e. The Hall–Kier alpha value is -1.26. The third-order valence-corrected chi connectivity index (χ3v) is 5.73. The van der Waals surface area contributed by atoms with Gasteiger partial charge >= 0.3 is 6.03 Å². The van der Waals surface area contributed by atoms with Crippen molar-refractivity contribution in [2.24, 2.45) is 23.5 Å². The van der Waals surface area contributed by atoms with Crippen LogP contribution in [-0.2, 0) is 0 Å². The summed E-state index contributed by atoms with van der Waals surface area (Å²) in [4.78, 5) is 14.4. The van der Waals surface area contributed by atoms with E-state index in [4.69, 9.17) is 11.1 Å². The monoisotopic (exact) mass is 292 g/mol. The summed E-state index contributed by atoms with van der Waals surface area (Å²) in [7, 11) is 0. The molecule has 4 saturated carbocycles. The molecule has 4 fully saturated rings. The summed E-state index contributed by atoms with van der Waals surface area (Å²) in [6.45, 7) is 3.20. The van der Waals surface area contributed by atoms with Crippen LogP contribution in [0.4, 0.5) is 4.79 Å². The van der Waals surface area contributed by atoms with E-state index in [9.17, 15) is 4.79 Å². The minimum Gasteiger partial charge on any atom is -0.388 e. The molecule has 0 aromatic rings. The number of carbonyl (C=O) groups excluding carboxylic acids is 1. The number of urea groups is 1. The molecule has 0 aliphatic heterocycles. The van der Waals surface area contributed by atoms with E-state index in [2.05, 4.69) is 5.32 Å². The molecule has 0 aromatic heterocycles. The highest BCUT2D eigenvalue weighted by molar-refractivity contribution is 5.79. The zero-order chi connectivity index (χ0) is 15.0. The van der Waals surface area contributed by atoms with Gasteiger partial charge in [0.15, 0.2) is 0 Å². The molecule has 4 aliphatic carbocycles. The molecule has 4 aliphatic rings. The van der Waals surface area contributed by atoms with E-state index in [1.807, 2.05) is 6.92 Å². The Labute approximate surface area is 127 Å². The third kappa shape index (κ3) is 3.01. The maximum Gasteiger partial charge on any atom is 0.317 e. The second-order valence-corrected chi connectivity index (χ2v) is 7.48. The zero-order valence-corrected chi connectivity index (χ0v) is 13.0. The van der Waals surface area contributed by atoms with Gasteiger partial charge < -0.3 is 16.0 Å². The second-order valence-electron chi connectivity index (χ2n) is 7.48. The summed E-state index contributed by atoms with van der Waals surface area (Å²) >= 11 is 0. The van der Waals surface area contributed by atoms with Gasteiger partial charge in [-0.05, 0) is 63.2 Å². The Kier molecular flexibility index (Phi) is 3.84. The van der Waals surface area contributed by atoms with Crippen LogP contribution in [0.2, 0.25) is 0 Å². The van der Waals surface area contributed by atoms with Crippen molar-refractivity contribution in [3.63, 3.8) is 0 Å². The molecule has 0 heterocycles. The Balaban J connectivity index is 1.62. The lowest BCUT2D eigenvalue weighted by molar-refractivity contribution is -0.0155. The normalized spacial score (nSPS) is 36.5. The lowest BCUT2D eigenvalue weighted by Gasteiger charge is -2.57. The van der Waals surface area contributed by atoms with Crippen LogP contribution >= 0.6 is 0 Å². The summed E-state index contributed by atoms with van der Waals surface area (Å²) in [6, 6.07) is 0.0423. The van der Waals surface area contributed by atoms with Crippen LogP contribution in [0, 0.1) is 23.2 Å². The van der Waals surface area contributed by atoms with Crippen LogP contribution in [0.25, 0.3) is 0 Å². The first-order valence-electron chi connectivity index (χ1n) is 8.39. The van der Waals surface area contributed by atoms with E-state index in [1.165, 1.54) is 38.5 Å². The molecule has 21 heavy (non-hydrogen) atoms. The highest BCUT2D eigenvalue weighted by atomic mass is 16.2. The predicted molar refractivity (Wildman–Crippen MR) is 83.2 cm³/mol. The first kappa shape index (κ1) is 14.7. The van der Waals surface area contributed by atoms with Crippen molar-refractivity contribution in [2.45, 2.75) is 57.4 Å². The van der Waals surface area contributed by atoms with Crippen molar-refractivity contribution in [3.8, 4) is 0 Å². The van der Waals surface area contributed by atoms with E-state index >= 15 is 0 Å². The Bertz CT molecular complexity index is 399. The van der Waals surface area contributed by atoms with Gasteiger partial charge in [-0.15, -0.1) is 0 Å². The molecule has 0 saturated heterocycles. The van der Waals surface area contributed by atoms with Crippen LogP contribution in [0.5, 0.6) is 0 Å². The van der Waals surface area contributed by atoms with E-state index in [0.29, 0.717) is 19.5 Å². The van der Waals surface area contributed by atoms with Crippen LogP contribution in [0.1, 0.15) is 51.9 Å². The Morgan fingerprint density at radius 1 is 1.24 bits per heavy atom. The molecule has 5 nitrogen and oxygen atoms in total. The number of amidine groups is 1. The van der Waals surface area contributed by atoms with Crippen LogP contribution in [0.3, 0.4) is 0 Å². The van der Waals surface area contributed by atoms with Gasteiger partial charge in [-0.3, -0.25) is 5.41 Å². The van der Waals surface area contributed by atoms with Crippen molar-refractivity contribution >= 4 is 11.9 Å². The van der Waals surface area contributed by atoms with Crippen molar-refractivity contribution in [1.29, 1.82) is 5.41 Å². The summed E-state index contributed by atoms with van der Waals surface area (Å²) in [6.07, 6.45) is 8.14. The summed E-state index contributed by atoms with van der Waals surface area (Å²) in [5.74, 6) is 2.66. The number of carbonyl (C=O) groups is 1. The second kappa shape index (κ2) is 5.50. The van der Waals surface area contributed by atoms with Gasteiger partial charge in [-0.2, -0.15) is 0 Å². The van der Waals surface area contributed by atoms with Gasteiger partial charge in [-0.25, -0.2) is 4.79 Å². The minimum absolute atomic E-state index is 0.0423. The van der Waals surface area contributed by atoms with E-state index < -0.39 is 0 Å². The molecule has 4 rings (SSSR count). The lowest BCUT2D eigenvalue weighted by Crippen LogP contribution is -2.62. The molecule has 0 atom stereocenters. The fourth-order valence-corrected chi connectivity index (χ4v) is 5.23. The number of rotatable bonds is 5. The van der Waals surface area contributed by atoms with Gasteiger partial charge in [-0.1, -0.05) is 0 Å². The van der Waals surface area contributed by atoms with Gasteiger partial charge in [0.05, 0.1) is 5.84 Å². The molecule has 0 aromatic carbocycles. The SMILES string of the molecule is CCN(CCC(=N)N)C(=O)NC12CC3CC(CC(C3)C1)C2. The number of amides is 2. The maximum absolute atomic E-state index is 12.6. The minimum atomic E-state index is 0.0423. The molecule has 5 heteroatoms. The maximum atomic E-state index is 12.6. The molecule has 4 N–H and O–H groups in total. The molecular weight excluding hydrogens is 264 g/mol. The fourth-order valence-electron chi connectivity index (χ4n) is 5.23. The number of nitrogens with two attached hydrogens (primary N) is 1. The lowest BCUT2D eigenvalue weighted by atomic mass is 9.53. The Morgan fingerprint density at radius 2 is 1.76 bits per heavy atom. The summed E-state index contributed by atoms with van der Waals surface area (Å²) in [5, 5.41) is 10.7. The number of hydrogen-bond acceptors (Lipinski definition) is 2. The zero-order valence-electron chi connectivity index (χ0n) is 13.0. The fraction of sp³-hybridized carbons (Fsp3) is 0.875. The first-order valence-corrected chi connectivity index (χ1v) is 8.39. The number of nitrogens with one attached hydrogen (secondary N) is 2. The van der Waals surface area contributed by atoms with E-state index in [1.54, 1.807) is 4.90 Å². The van der Waals surface area contributed by atoms with Gasteiger partial charge in [0, 0.05) is 25.0 Å². The van der Waals surface area contributed by atoms with E-state index in [-0.39, 0.29) is 17.4 Å². The summed E-state index contributed by atoms with van der Waals surface area (Å²) in [5.41, 5.74) is 5.47.